The number of nitrogens with one attached hydrogen (secondary N) is 2. The minimum absolute atomic E-state index is 0.413. The Morgan fingerprint density at radius 1 is 1.03 bits per heavy atom. The van der Waals surface area contributed by atoms with Gasteiger partial charge in [0.2, 0.25) is 0 Å². The number of nitrogens with two attached hydrogens (primary N) is 1. The van der Waals surface area contributed by atoms with Gasteiger partial charge in [-0.25, -0.2) is 4.98 Å². The van der Waals surface area contributed by atoms with E-state index in [1.807, 2.05) is 6.07 Å². The van der Waals surface area contributed by atoms with E-state index in [2.05, 4.69) is 34.9 Å². The number of amides is 1. The van der Waals surface area contributed by atoms with Crippen LogP contribution in [-0.4, -0.2) is 31.2 Å². The standard InChI is InChI=1S/C23H30N4O2/c1-25-22-20(21(24)28)14-19(17-4-2-3-5-17)23(27-22)26-18-8-6-15(7-9-18)16-10-12-29-13-11-16/h6-9,14,16-17H,2-5,10-13H2,1H3,(H2,24,28)(H2,25,26,27). The second-order valence-corrected chi connectivity index (χ2v) is 8.05. The van der Waals surface area contributed by atoms with Gasteiger partial charge in [-0.3, -0.25) is 4.79 Å². The van der Waals surface area contributed by atoms with E-state index >= 15 is 0 Å². The summed E-state index contributed by atoms with van der Waals surface area (Å²) in [7, 11) is 1.76. The molecule has 1 saturated carbocycles. The number of anilines is 3. The molecule has 154 valence electrons. The number of rotatable bonds is 6. The fourth-order valence-corrected chi connectivity index (χ4v) is 4.56. The number of carbonyl (C=O) groups excluding carboxylic acids is 1. The third-order valence-corrected chi connectivity index (χ3v) is 6.22. The van der Waals surface area contributed by atoms with Crippen LogP contribution in [0.3, 0.4) is 0 Å². The highest BCUT2D eigenvalue weighted by Crippen LogP contribution is 2.39. The topological polar surface area (TPSA) is 89.3 Å². The summed E-state index contributed by atoms with van der Waals surface area (Å²) in [5.74, 6) is 1.87. The lowest BCUT2D eigenvalue weighted by molar-refractivity contribution is 0.0853. The van der Waals surface area contributed by atoms with E-state index in [4.69, 9.17) is 15.5 Å². The van der Waals surface area contributed by atoms with Gasteiger partial charge in [-0.15, -0.1) is 0 Å². The van der Waals surface area contributed by atoms with Gasteiger partial charge in [-0.2, -0.15) is 0 Å². The van der Waals surface area contributed by atoms with Crippen LogP contribution in [0.1, 0.15) is 71.8 Å². The maximum atomic E-state index is 11.9. The molecule has 1 aliphatic heterocycles. The number of nitrogens with zero attached hydrogens (tertiary/aromatic N) is 1. The third-order valence-electron chi connectivity index (χ3n) is 6.22. The molecule has 0 radical (unpaired) electrons. The van der Waals surface area contributed by atoms with E-state index in [-0.39, 0.29) is 0 Å². The molecule has 4 rings (SSSR count). The number of hydrogen-bond acceptors (Lipinski definition) is 5. The van der Waals surface area contributed by atoms with Gasteiger partial charge >= 0.3 is 0 Å². The molecule has 1 aromatic carbocycles. The molecule has 1 aromatic heterocycles. The molecule has 0 bridgehead atoms. The van der Waals surface area contributed by atoms with Crippen LogP contribution in [-0.2, 0) is 4.74 Å². The molecular formula is C23H30N4O2. The molecule has 2 fully saturated rings. The van der Waals surface area contributed by atoms with Gasteiger partial charge in [0.05, 0.1) is 5.56 Å². The summed E-state index contributed by atoms with van der Waals surface area (Å²) >= 11 is 0. The van der Waals surface area contributed by atoms with Gasteiger partial charge in [0.25, 0.3) is 5.91 Å². The number of carbonyl (C=O) groups is 1. The first-order valence-electron chi connectivity index (χ1n) is 10.6. The summed E-state index contributed by atoms with van der Waals surface area (Å²) in [4.78, 5) is 16.6. The fourth-order valence-electron chi connectivity index (χ4n) is 4.56. The Bertz CT molecular complexity index is 854. The summed E-state index contributed by atoms with van der Waals surface area (Å²) < 4.78 is 5.47. The summed E-state index contributed by atoms with van der Waals surface area (Å²) in [6.07, 6.45) is 6.83. The SMILES string of the molecule is CNc1nc(Nc2ccc(C3CCOCC3)cc2)c(C2CCCC2)cc1C(N)=O. The van der Waals surface area contributed by atoms with Crippen LogP contribution in [0.2, 0.25) is 0 Å². The molecule has 2 aromatic rings. The molecule has 4 N–H and O–H groups in total. The lowest BCUT2D eigenvalue weighted by atomic mass is 9.91. The van der Waals surface area contributed by atoms with E-state index in [9.17, 15) is 4.79 Å². The highest BCUT2D eigenvalue weighted by atomic mass is 16.5. The van der Waals surface area contributed by atoms with Crippen molar-refractivity contribution >= 4 is 23.2 Å². The Morgan fingerprint density at radius 2 is 1.72 bits per heavy atom. The predicted octanol–water partition coefficient (Wildman–Crippen LogP) is 4.52. The second kappa shape index (κ2) is 8.82. The first-order chi connectivity index (χ1) is 14.2. The summed E-state index contributed by atoms with van der Waals surface area (Å²) in [5.41, 5.74) is 9.51. The van der Waals surface area contributed by atoms with Crippen molar-refractivity contribution in [1.29, 1.82) is 0 Å². The fraction of sp³-hybridized carbons (Fsp3) is 0.478. The zero-order valence-electron chi connectivity index (χ0n) is 17.0. The van der Waals surface area contributed by atoms with Crippen molar-refractivity contribution in [3.63, 3.8) is 0 Å². The van der Waals surface area contributed by atoms with Crippen LogP contribution >= 0.6 is 0 Å². The van der Waals surface area contributed by atoms with Gasteiger partial charge < -0.3 is 21.1 Å². The van der Waals surface area contributed by atoms with E-state index in [1.54, 1.807) is 7.05 Å². The first kappa shape index (κ1) is 19.7. The van der Waals surface area contributed by atoms with Gasteiger partial charge in [0, 0.05) is 25.9 Å². The summed E-state index contributed by atoms with van der Waals surface area (Å²) in [6, 6.07) is 10.6. The maximum Gasteiger partial charge on any atom is 0.252 e. The minimum atomic E-state index is -0.450. The van der Waals surface area contributed by atoms with Gasteiger partial charge in [-0.1, -0.05) is 25.0 Å². The number of benzene rings is 1. The molecule has 2 aliphatic rings. The maximum absolute atomic E-state index is 11.9. The van der Waals surface area contributed by atoms with Crippen molar-refractivity contribution in [2.24, 2.45) is 5.73 Å². The molecule has 6 nitrogen and oxygen atoms in total. The highest BCUT2D eigenvalue weighted by Gasteiger charge is 2.24. The molecule has 29 heavy (non-hydrogen) atoms. The van der Waals surface area contributed by atoms with Gasteiger partial charge in [0.15, 0.2) is 0 Å². The predicted molar refractivity (Wildman–Crippen MR) is 116 cm³/mol. The van der Waals surface area contributed by atoms with Crippen LogP contribution in [0.5, 0.6) is 0 Å². The number of pyridine rings is 1. The lowest BCUT2D eigenvalue weighted by Crippen LogP contribution is -2.17. The minimum Gasteiger partial charge on any atom is -0.381 e. The monoisotopic (exact) mass is 394 g/mol. The molecule has 1 aliphatic carbocycles. The smallest absolute Gasteiger partial charge is 0.252 e. The average Bonchev–Trinajstić information content (AvgIpc) is 3.29. The van der Waals surface area contributed by atoms with Gasteiger partial charge in [0.1, 0.15) is 11.6 Å². The van der Waals surface area contributed by atoms with Crippen LogP contribution in [0.15, 0.2) is 30.3 Å². The molecular weight excluding hydrogens is 364 g/mol. The van der Waals surface area contributed by atoms with Crippen LogP contribution in [0.4, 0.5) is 17.3 Å². The number of aromatic nitrogens is 1. The number of hydrogen-bond donors (Lipinski definition) is 3. The Kier molecular flexibility index (Phi) is 6.00. The summed E-state index contributed by atoms with van der Waals surface area (Å²) in [5, 5.41) is 6.50. The van der Waals surface area contributed by atoms with Gasteiger partial charge in [-0.05, 0) is 66.8 Å². The van der Waals surface area contributed by atoms with Crippen molar-refractivity contribution in [2.75, 3.05) is 30.9 Å². The Hall–Kier alpha value is -2.60. The van der Waals surface area contributed by atoms with Crippen LogP contribution in [0, 0.1) is 0 Å². The summed E-state index contributed by atoms with van der Waals surface area (Å²) in [6.45, 7) is 1.69. The first-order valence-corrected chi connectivity index (χ1v) is 10.6. The van der Waals surface area contributed by atoms with E-state index < -0.39 is 5.91 Å². The normalized spacial score (nSPS) is 18.0. The van der Waals surface area contributed by atoms with E-state index in [0.29, 0.717) is 23.2 Å². The lowest BCUT2D eigenvalue weighted by Gasteiger charge is -2.23. The quantitative estimate of drug-likeness (QED) is 0.670. The zero-order chi connectivity index (χ0) is 20.2. The molecule has 0 atom stereocenters. The molecule has 2 heterocycles. The molecule has 0 unspecified atom stereocenters. The largest absolute Gasteiger partial charge is 0.381 e. The highest BCUT2D eigenvalue weighted by molar-refractivity contribution is 5.98. The van der Waals surface area contributed by atoms with Crippen molar-refractivity contribution in [2.45, 2.75) is 50.4 Å². The van der Waals surface area contributed by atoms with Crippen molar-refractivity contribution in [1.82, 2.24) is 4.98 Å². The number of ether oxygens (including phenoxy) is 1. The molecule has 0 spiro atoms. The molecule has 6 heteroatoms. The van der Waals surface area contributed by atoms with Crippen molar-refractivity contribution in [3.8, 4) is 0 Å². The van der Waals surface area contributed by atoms with E-state index in [1.165, 1.54) is 18.4 Å². The average molecular weight is 395 g/mol. The Balaban J connectivity index is 1.62. The van der Waals surface area contributed by atoms with Crippen LogP contribution in [0.25, 0.3) is 0 Å². The van der Waals surface area contributed by atoms with Crippen molar-refractivity contribution in [3.05, 3.63) is 47.0 Å². The Morgan fingerprint density at radius 3 is 2.34 bits per heavy atom. The van der Waals surface area contributed by atoms with Crippen molar-refractivity contribution < 1.29 is 9.53 Å². The Labute approximate surface area is 172 Å². The third kappa shape index (κ3) is 4.37. The second-order valence-electron chi connectivity index (χ2n) is 8.05. The molecule has 1 amide bonds. The van der Waals surface area contributed by atoms with E-state index in [0.717, 1.165) is 56.0 Å². The van der Waals surface area contributed by atoms with Crippen LogP contribution < -0.4 is 16.4 Å². The zero-order valence-corrected chi connectivity index (χ0v) is 17.0. The molecule has 1 saturated heterocycles. The number of primary amides is 1.